The van der Waals surface area contributed by atoms with E-state index in [2.05, 4.69) is 6.58 Å². The molecule has 0 saturated heterocycles. The fourth-order valence-electron chi connectivity index (χ4n) is 3.57. The standard InChI is InChI=1S/C16H26O3/c1-12(16(17)18)11-19-15(14-8-4-5-9-14)10-13-6-2-3-7-13/h13-15H,1-11H2,(H,17,18). The van der Waals surface area contributed by atoms with Gasteiger partial charge in [0.1, 0.15) is 0 Å². The van der Waals surface area contributed by atoms with Crippen LogP contribution in [0, 0.1) is 11.8 Å². The smallest absolute Gasteiger partial charge is 0.333 e. The van der Waals surface area contributed by atoms with Crippen LogP contribution in [0.4, 0.5) is 0 Å². The Morgan fingerprint density at radius 1 is 1.16 bits per heavy atom. The van der Waals surface area contributed by atoms with Gasteiger partial charge in [-0.15, -0.1) is 0 Å². The molecule has 1 N–H and O–H groups in total. The first-order valence-electron chi connectivity index (χ1n) is 7.69. The number of hydrogen-bond acceptors (Lipinski definition) is 2. The summed E-state index contributed by atoms with van der Waals surface area (Å²) in [5, 5.41) is 8.86. The molecule has 3 heteroatoms. The number of carboxylic acid groups (broad SMARTS) is 1. The van der Waals surface area contributed by atoms with E-state index in [1.54, 1.807) is 0 Å². The molecule has 1 unspecified atom stereocenters. The molecule has 2 aliphatic carbocycles. The van der Waals surface area contributed by atoms with Crippen molar-refractivity contribution in [3.8, 4) is 0 Å². The summed E-state index contributed by atoms with van der Waals surface area (Å²) in [7, 11) is 0. The van der Waals surface area contributed by atoms with E-state index in [1.165, 1.54) is 51.4 Å². The molecule has 2 rings (SSSR count). The third-order valence-electron chi connectivity index (χ3n) is 4.74. The molecule has 0 aromatic carbocycles. The summed E-state index contributed by atoms with van der Waals surface area (Å²) in [4.78, 5) is 10.8. The lowest BCUT2D eigenvalue weighted by Gasteiger charge is -2.26. The van der Waals surface area contributed by atoms with Crippen molar-refractivity contribution in [2.45, 2.75) is 63.9 Å². The van der Waals surface area contributed by atoms with Crippen LogP contribution in [0.25, 0.3) is 0 Å². The molecule has 2 saturated carbocycles. The Morgan fingerprint density at radius 3 is 2.32 bits per heavy atom. The fraction of sp³-hybridized carbons (Fsp3) is 0.812. The van der Waals surface area contributed by atoms with Crippen molar-refractivity contribution >= 4 is 5.97 Å². The van der Waals surface area contributed by atoms with Gasteiger partial charge in [0, 0.05) is 0 Å². The first-order chi connectivity index (χ1) is 9.16. The predicted octanol–water partition coefficient (Wildman–Crippen LogP) is 3.78. The zero-order valence-electron chi connectivity index (χ0n) is 11.8. The van der Waals surface area contributed by atoms with E-state index in [1.807, 2.05) is 0 Å². The van der Waals surface area contributed by atoms with Crippen molar-refractivity contribution in [1.29, 1.82) is 0 Å². The topological polar surface area (TPSA) is 46.5 Å². The minimum Gasteiger partial charge on any atom is -0.478 e. The first-order valence-corrected chi connectivity index (χ1v) is 7.69. The summed E-state index contributed by atoms with van der Waals surface area (Å²) in [5.41, 5.74) is 0.175. The van der Waals surface area contributed by atoms with Gasteiger partial charge in [-0.25, -0.2) is 4.79 Å². The van der Waals surface area contributed by atoms with Gasteiger partial charge in [-0.2, -0.15) is 0 Å². The van der Waals surface area contributed by atoms with Gasteiger partial charge in [0.2, 0.25) is 0 Å². The van der Waals surface area contributed by atoms with E-state index in [-0.39, 0.29) is 18.3 Å². The highest BCUT2D eigenvalue weighted by Crippen LogP contribution is 2.36. The molecular weight excluding hydrogens is 240 g/mol. The summed E-state index contributed by atoms with van der Waals surface area (Å²) < 4.78 is 5.93. The Labute approximate surface area is 116 Å². The average molecular weight is 266 g/mol. The van der Waals surface area contributed by atoms with Crippen molar-refractivity contribution in [2.24, 2.45) is 11.8 Å². The molecule has 2 fully saturated rings. The number of hydrogen-bond donors (Lipinski definition) is 1. The molecule has 3 nitrogen and oxygen atoms in total. The van der Waals surface area contributed by atoms with Gasteiger partial charge < -0.3 is 9.84 Å². The molecule has 19 heavy (non-hydrogen) atoms. The van der Waals surface area contributed by atoms with Crippen molar-refractivity contribution < 1.29 is 14.6 Å². The highest BCUT2D eigenvalue weighted by molar-refractivity contribution is 5.85. The van der Waals surface area contributed by atoms with E-state index in [0.29, 0.717) is 5.92 Å². The molecule has 0 heterocycles. The molecule has 0 radical (unpaired) electrons. The maximum Gasteiger partial charge on any atom is 0.333 e. The van der Waals surface area contributed by atoms with Crippen LogP contribution in [0.3, 0.4) is 0 Å². The highest BCUT2D eigenvalue weighted by Gasteiger charge is 2.29. The van der Waals surface area contributed by atoms with Gasteiger partial charge in [0.25, 0.3) is 0 Å². The third-order valence-corrected chi connectivity index (χ3v) is 4.74. The minimum absolute atomic E-state index is 0.175. The molecule has 108 valence electrons. The van der Waals surface area contributed by atoms with Crippen LogP contribution in [0.1, 0.15) is 57.8 Å². The molecular formula is C16H26O3. The Bertz CT molecular complexity index is 312. The van der Waals surface area contributed by atoms with Crippen LogP contribution >= 0.6 is 0 Å². The quantitative estimate of drug-likeness (QED) is 0.713. The number of rotatable bonds is 7. The monoisotopic (exact) mass is 266 g/mol. The molecule has 1 atom stereocenters. The van der Waals surface area contributed by atoms with Gasteiger partial charge in [-0.05, 0) is 31.1 Å². The van der Waals surface area contributed by atoms with Gasteiger partial charge >= 0.3 is 5.97 Å². The van der Waals surface area contributed by atoms with Crippen LogP contribution in [-0.4, -0.2) is 23.8 Å². The molecule has 0 aliphatic heterocycles. The second-order valence-electron chi connectivity index (χ2n) is 6.19. The van der Waals surface area contributed by atoms with E-state index < -0.39 is 5.97 Å². The molecule has 0 aromatic rings. The lowest BCUT2D eigenvalue weighted by molar-refractivity contribution is -0.133. The van der Waals surface area contributed by atoms with E-state index >= 15 is 0 Å². The molecule has 0 aromatic heterocycles. The third kappa shape index (κ3) is 4.34. The zero-order chi connectivity index (χ0) is 13.7. The Hall–Kier alpha value is -0.830. The molecule has 2 aliphatic rings. The van der Waals surface area contributed by atoms with Crippen LogP contribution < -0.4 is 0 Å². The summed E-state index contributed by atoms with van der Waals surface area (Å²) >= 11 is 0. The van der Waals surface area contributed by atoms with E-state index in [0.717, 1.165) is 12.3 Å². The lowest BCUT2D eigenvalue weighted by Crippen LogP contribution is -2.26. The van der Waals surface area contributed by atoms with Crippen LogP contribution in [0.15, 0.2) is 12.2 Å². The van der Waals surface area contributed by atoms with Crippen molar-refractivity contribution in [3.05, 3.63) is 12.2 Å². The Balaban J connectivity index is 1.85. The maximum atomic E-state index is 10.8. The minimum atomic E-state index is -0.939. The summed E-state index contributed by atoms with van der Waals surface area (Å²) in [6.45, 7) is 3.74. The van der Waals surface area contributed by atoms with Gasteiger partial charge in [-0.3, -0.25) is 0 Å². The number of carboxylic acids is 1. The molecule has 0 bridgehead atoms. The zero-order valence-corrected chi connectivity index (χ0v) is 11.8. The second-order valence-corrected chi connectivity index (χ2v) is 6.19. The lowest BCUT2D eigenvalue weighted by atomic mass is 9.90. The largest absolute Gasteiger partial charge is 0.478 e. The summed E-state index contributed by atoms with van der Waals surface area (Å²) in [6.07, 6.45) is 11.8. The second kappa shape index (κ2) is 7.09. The van der Waals surface area contributed by atoms with Gasteiger partial charge in [-0.1, -0.05) is 45.1 Å². The average Bonchev–Trinajstić information content (AvgIpc) is 3.06. The number of ether oxygens (including phenoxy) is 1. The van der Waals surface area contributed by atoms with Crippen LogP contribution in [-0.2, 0) is 9.53 Å². The van der Waals surface area contributed by atoms with E-state index in [9.17, 15) is 4.79 Å². The van der Waals surface area contributed by atoms with Crippen molar-refractivity contribution in [2.75, 3.05) is 6.61 Å². The van der Waals surface area contributed by atoms with Gasteiger partial charge in [0.05, 0.1) is 18.3 Å². The van der Waals surface area contributed by atoms with E-state index in [4.69, 9.17) is 9.84 Å². The summed E-state index contributed by atoms with van der Waals surface area (Å²) in [6, 6.07) is 0. The molecule has 0 spiro atoms. The van der Waals surface area contributed by atoms with Crippen LogP contribution in [0.5, 0.6) is 0 Å². The highest BCUT2D eigenvalue weighted by atomic mass is 16.5. The normalized spacial score (nSPS) is 22.7. The van der Waals surface area contributed by atoms with Crippen LogP contribution in [0.2, 0.25) is 0 Å². The number of carbonyl (C=O) groups is 1. The Kier molecular flexibility index (Phi) is 5.44. The fourth-order valence-corrected chi connectivity index (χ4v) is 3.57. The van der Waals surface area contributed by atoms with Gasteiger partial charge in [0.15, 0.2) is 0 Å². The maximum absolute atomic E-state index is 10.8. The van der Waals surface area contributed by atoms with Crippen molar-refractivity contribution in [1.82, 2.24) is 0 Å². The summed E-state index contributed by atoms with van der Waals surface area (Å²) in [5.74, 6) is 0.497. The first kappa shape index (κ1) is 14.6. The number of aliphatic carboxylic acids is 1. The van der Waals surface area contributed by atoms with Crippen molar-refractivity contribution in [3.63, 3.8) is 0 Å². The Morgan fingerprint density at radius 2 is 1.74 bits per heavy atom. The molecule has 0 amide bonds. The SMILES string of the molecule is C=C(COC(CC1CCCC1)C1CCCC1)C(=O)O. The predicted molar refractivity (Wildman–Crippen MR) is 75.0 cm³/mol.